The molecular formula is C23H25N5O. The van der Waals surface area contributed by atoms with Gasteiger partial charge < -0.3 is 4.90 Å². The first-order chi connectivity index (χ1) is 14.0. The van der Waals surface area contributed by atoms with Gasteiger partial charge in [-0.1, -0.05) is 18.2 Å². The normalized spacial score (nSPS) is 24.6. The van der Waals surface area contributed by atoms with Crippen LogP contribution in [0.2, 0.25) is 0 Å². The van der Waals surface area contributed by atoms with Crippen molar-refractivity contribution in [1.29, 1.82) is 0 Å². The standard InChI is InChI=1S/C23H25N5O/c1-23(2)18-6-4-14(9-16(18)12-19(23)29)11-20-25-22-21(24-7-8-28(22)26-20)27-13-15-3-5-17(27)10-15/h4,6-9,15,17H,3,5,10-13H2,1-2H3/t15-,17+/m0/s1. The maximum Gasteiger partial charge on any atom is 0.198 e. The van der Waals surface area contributed by atoms with E-state index >= 15 is 0 Å². The summed E-state index contributed by atoms with van der Waals surface area (Å²) in [6.45, 7) is 5.13. The lowest BCUT2D eigenvalue weighted by Gasteiger charge is -2.27. The Hall–Kier alpha value is -2.76. The van der Waals surface area contributed by atoms with Gasteiger partial charge in [0.25, 0.3) is 0 Å². The molecule has 3 aliphatic rings. The number of nitrogens with zero attached hydrogens (tertiary/aromatic N) is 5. The molecule has 0 radical (unpaired) electrons. The predicted octanol–water partition coefficient (Wildman–Crippen LogP) is 3.11. The van der Waals surface area contributed by atoms with Crippen molar-refractivity contribution >= 4 is 17.2 Å². The van der Waals surface area contributed by atoms with Gasteiger partial charge in [0.1, 0.15) is 5.78 Å². The molecule has 29 heavy (non-hydrogen) atoms. The highest BCUT2D eigenvalue weighted by Crippen LogP contribution is 2.40. The Morgan fingerprint density at radius 1 is 1.24 bits per heavy atom. The van der Waals surface area contributed by atoms with E-state index in [2.05, 4.69) is 28.1 Å². The zero-order chi connectivity index (χ0) is 19.8. The number of piperidine rings is 1. The number of carbonyl (C=O) groups is 1. The zero-order valence-electron chi connectivity index (χ0n) is 16.9. The van der Waals surface area contributed by atoms with E-state index in [0.29, 0.717) is 24.7 Å². The second-order valence-electron chi connectivity index (χ2n) is 9.43. The minimum atomic E-state index is -0.370. The number of carbonyl (C=O) groups excluding carboxylic acids is 1. The van der Waals surface area contributed by atoms with Crippen LogP contribution in [0.5, 0.6) is 0 Å². The van der Waals surface area contributed by atoms with Crippen LogP contribution in [-0.2, 0) is 23.1 Å². The van der Waals surface area contributed by atoms with E-state index in [1.54, 1.807) is 0 Å². The van der Waals surface area contributed by atoms with Crippen molar-refractivity contribution in [3.8, 4) is 0 Å². The van der Waals surface area contributed by atoms with Crippen LogP contribution in [0.15, 0.2) is 30.6 Å². The molecule has 0 N–H and O–H groups in total. The Balaban J connectivity index is 1.32. The maximum absolute atomic E-state index is 12.3. The summed E-state index contributed by atoms with van der Waals surface area (Å²) in [4.78, 5) is 24.3. The van der Waals surface area contributed by atoms with Crippen LogP contribution >= 0.6 is 0 Å². The molecule has 2 bridgehead atoms. The van der Waals surface area contributed by atoms with Crippen molar-refractivity contribution < 1.29 is 4.79 Å². The average Bonchev–Trinajstić information content (AvgIpc) is 3.45. The van der Waals surface area contributed by atoms with Crippen molar-refractivity contribution in [3.05, 3.63) is 53.1 Å². The number of aromatic nitrogens is 4. The summed E-state index contributed by atoms with van der Waals surface area (Å²) < 4.78 is 1.86. The van der Waals surface area contributed by atoms with Crippen LogP contribution in [0.25, 0.3) is 5.65 Å². The smallest absolute Gasteiger partial charge is 0.198 e. The van der Waals surface area contributed by atoms with E-state index < -0.39 is 0 Å². The fourth-order valence-corrected chi connectivity index (χ4v) is 5.55. The van der Waals surface area contributed by atoms with E-state index in [-0.39, 0.29) is 5.41 Å². The number of anilines is 1. The molecule has 6 heteroatoms. The summed E-state index contributed by atoms with van der Waals surface area (Å²) in [5, 5.41) is 4.71. The molecule has 1 aliphatic heterocycles. The van der Waals surface area contributed by atoms with Crippen molar-refractivity contribution in [3.63, 3.8) is 0 Å². The van der Waals surface area contributed by atoms with Crippen molar-refractivity contribution in [2.45, 2.75) is 57.4 Å². The second-order valence-corrected chi connectivity index (χ2v) is 9.43. The first kappa shape index (κ1) is 17.1. The molecule has 3 heterocycles. The molecule has 2 fully saturated rings. The number of Topliss-reactive ketones (excluding diaryl/α,β-unsaturated/α-hetero) is 1. The highest BCUT2D eigenvalue weighted by Gasteiger charge is 2.40. The molecule has 6 nitrogen and oxygen atoms in total. The molecule has 1 saturated carbocycles. The highest BCUT2D eigenvalue weighted by atomic mass is 16.1. The Bertz CT molecular complexity index is 1150. The Labute approximate surface area is 170 Å². The van der Waals surface area contributed by atoms with E-state index in [4.69, 9.17) is 10.1 Å². The minimum absolute atomic E-state index is 0.297. The van der Waals surface area contributed by atoms with Crippen LogP contribution < -0.4 is 4.90 Å². The van der Waals surface area contributed by atoms with E-state index in [1.807, 2.05) is 30.8 Å². The number of hydrogen-bond donors (Lipinski definition) is 0. The van der Waals surface area contributed by atoms with Gasteiger partial charge in [0.15, 0.2) is 17.3 Å². The van der Waals surface area contributed by atoms with Gasteiger partial charge in [-0.15, -0.1) is 0 Å². The number of fused-ring (bicyclic) bond motifs is 4. The molecular weight excluding hydrogens is 362 g/mol. The van der Waals surface area contributed by atoms with Gasteiger partial charge in [0.05, 0.1) is 0 Å². The first-order valence-corrected chi connectivity index (χ1v) is 10.6. The minimum Gasteiger partial charge on any atom is -0.350 e. The van der Waals surface area contributed by atoms with E-state index in [1.165, 1.54) is 19.3 Å². The van der Waals surface area contributed by atoms with Crippen LogP contribution in [0, 0.1) is 5.92 Å². The SMILES string of the molecule is CC1(C)C(=O)Cc2cc(Cc3nc4c(N5C[C@H]6CC[C@@H]5C6)nccn4n3)ccc21. The molecule has 2 aromatic heterocycles. The third-order valence-electron chi connectivity index (χ3n) is 7.21. The van der Waals surface area contributed by atoms with Crippen molar-refractivity contribution in [2.24, 2.45) is 5.92 Å². The fourth-order valence-electron chi connectivity index (χ4n) is 5.55. The first-order valence-electron chi connectivity index (χ1n) is 10.6. The maximum atomic E-state index is 12.3. The molecule has 1 aromatic carbocycles. The summed E-state index contributed by atoms with van der Waals surface area (Å²) in [6, 6.07) is 6.99. The van der Waals surface area contributed by atoms with Crippen LogP contribution in [0.4, 0.5) is 5.82 Å². The third kappa shape index (κ3) is 2.54. The number of benzene rings is 1. The third-order valence-corrected chi connectivity index (χ3v) is 7.21. The average molecular weight is 387 g/mol. The monoisotopic (exact) mass is 387 g/mol. The van der Waals surface area contributed by atoms with Gasteiger partial charge in [0, 0.05) is 43.2 Å². The van der Waals surface area contributed by atoms with Crippen molar-refractivity contribution in [2.75, 3.05) is 11.4 Å². The number of hydrogen-bond acceptors (Lipinski definition) is 5. The molecule has 148 valence electrons. The van der Waals surface area contributed by atoms with Gasteiger partial charge in [0.2, 0.25) is 0 Å². The molecule has 0 unspecified atom stereocenters. The van der Waals surface area contributed by atoms with Gasteiger partial charge in [-0.3, -0.25) is 4.79 Å². The topological polar surface area (TPSA) is 63.4 Å². The predicted molar refractivity (Wildman–Crippen MR) is 110 cm³/mol. The molecule has 0 amide bonds. The zero-order valence-corrected chi connectivity index (χ0v) is 16.9. The van der Waals surface area contributed by atoms with Gasteiger partial charge in [-0.05, 0) is 55.7 Å². The largest absolute Gasteiger partial charge is 0.350 e. The van der Waals surface area contributed by atoms with Crippen LogP contribution in [0.1, 0.15) is 55.6 Å². The lowest BCUT2D eigenvalue weighted by molar-refractivity contribution is -0.121. The van der Waals surface area contributed by atoms with E-state index in [0.717, 1.165) is 46.4 Å². The van der Waals surface area contributed by atoms with Gasteiger partial charge in [-0.25, -0.2) is 14.5 Å². The molecule has 3 aromatic rings. The summed E-state index contributed by atoms with van der Waals surface area (Å²) in [6.07, 6.45) is 8.80. The Morgan fingerprint density at radius 3 is 2.93 bits per heavy atom. The summed E-state index contributed by atoms with van der Waals surface area (Å²) in [7, 11) is 0. The summed E-state index contributed by atoms with van der Waals surface area (Å²) in [5.41, 5.74) is 3.94. The summed E-state index contributed by atoms with van der Waals surface area (Å²) in [5.74, 6) is 2.88. The molecule has 2 aliphatic carbocycles. The van der Waals surface area contributed by atoms with Crippen LogP contribution in [0.3, 0.4) is 0 Å². The van der Waals surface area contributed by atoms with Crippen LogP contribution in [-0.4, -0.2) is 38.0 Å². The molecule has 0 spiro atoms. The fraction of sp³-hybridized carbons (Fsp3) is 0.478. The quantitative estimate of drug-likeness (QED) is 0.691. The van der Waals surface area contributed by atoms with Crippen molar-refractivity contribution in [1.82, 2.24) is 19.6 Å². The Kier molecular flexibility index (Phi) is 3.47. The Morgan fingerprint density at radius 2 is 2.14 bits per heavy atom. The lowest BCUT2D eigenvalue weighted by Crippen LogP contribution is -2.33. The molecule has 2 atom stereocenters. The molecule has 1 saturated heterocycles. The molecule has 6 rings (SSSR count). The van der Waals surface area contributed by atoms with E-state index in [9.17, 15) is 4.79 Å². The highest BCUT2D eigenvalue weighted by molar-refractivity contribution is 5.95. The second kappa shape index (κ2) is 5.88. The van der Waals surface area contributed by atoms with Gasteiger partial charge in [-0.2, -0.15) is 5.10 Å². The number of ketones is 1. The number of rotatable bonds is 3. The lowest BCUT2D eigenvalue weighted by atomic mass is 9.85. The van der Waals surface area contributed by atoms with Gasteiger partial charge >= 0.3 is 0 Å². The summed E-state index contributed by atoms with van der Waals surface area (Å²) >= 11 is 0.